The molecule has 17 heavy (non-hydrogen) atoms. The third-order valence-corrected chi connectivity index (χ3v) is 3.15. The number of carbonyl (C=O) groups is 2. The zero-order valence-corrected chi connectivity index (χ0v) is 10.7. The van der Waals surface area contributed by atoms with Crippen molar-refractivity contribution in [1.29, 1.82) is 0 Å². The van der Waals surface area contributed by atoms with Crippen molar-refractivity contribution in [3.63, 3.8) is 0 Å². The highest BCUT2D eigenvalue weighted by Crippen LogP contribution is 2.26. The van der Waals surface area contributed by atoms with Gasteiger partial charge in [0.2, 0.25) is 0 Å². The summed E-state index contributed by atoms with van der Waals surface area (Å²) in [5, 5.41) is 0. The minimum Gasteiger partial charge on any atom is -0.466 e. The fourth-order valence-electron chi connectivity index (χ4n) is 2.12. The van der Waals surface area contributed by atoms with E-state index in [1.165, 1.54) is 6.42 Å². The second-order valence-electron chi connectivity index (χ2n) is 4.60. The highest BCUT2D eigenvalue weighted by atomic mass is 16.5. The molecule has 1 fully saturated rings. The Labute approximate surface area is 103 Å². The van der Waals surface area contributed by atoms with E-state index in [-0.39, 0.29) is 30.9 Å². The van der Waals surface area contributed by atoms with Crippen LogP contribution in [-0.4, -0.2) is 24.6 Å². The van der Waals surface area contributed by atoms with Gasteiger partial charge in [0, 0.05) is 0 Å². The van der Waals surface area contributed by atoms with Crippen LogP contribution in [-0.2, 0) is 19.1 Å². The second kappa shape index (κ2) is 7.30. The van der Waals surface area contributed by atoms with E-state index in [1.54, 1.807) is 6.92 Å². The summed E-state index contributed by atoms with van der Waals surface area (Å²) in [6, 6.07) is 0. The fraction of sp³-hybridized carbons (Fsp3) is 0.846. The van der Waals surface area contributed by atoms with E-state index < -0.39 is 0 Å². The molecule has 0 N–H and O–H groups in total. The van der Waals surface area contributed by atoms with Gasteiger partial charge in [-0.15, -0.1) is 0 Å². The molecule has 2 atom stereocenters. The molecule has 0 saturated heterocycles. The molecule has 0 aromatic carbocycles. The molecule has 1 rings (SSSR count). The van der Waals surface area contributed by atoms with Crippen molar-refractivity contribution in [1.82, 2.24) is 0 Å². The molecule has 0 spiro atoms. The van der Waals surface area contributed by atoms with Crippen molar-refractivity contribution >= 4 is 11.9 Å². The number of carbonyl (C=O) groups excluding carboxylic acids is 2. The summed E-state index contributed by atoms with van der Waals surface area (Å²) in [7, 11) is 0. The van der Waals surface area contributed by atoms with Crippen molar-refractivity contribution in [3.8, 4) is 0 Å². The molecule has 98 valence electrons. The molecule has 0 aliphatic heterocycles. The van der Waals surface area contributed by atoms with Crippen LogP contribution in [0, 0.1) is 5.92 Å². The van der Waals surface area contributed by atoms with Gasteiger partial charge in [0.15, 0.2) is 0 Å². The first kappa shape index (κ1) is 14.0. The molecular weight excluding hydrogens is 220 g/mol. The van der Waals surface area contributed by atoms with Crippen molar-refractivity contribution < 1.29 is 19.1 Å². The lowest BCUT2D eigenvalue weighted by Gasteiger charge is -2.28. The van der Waals surface area contributed by atoms with E-state index in [4.69, 9.17) is 9.47 Å². The molecule has 0 amide bonds. The van der Waals surface area contributed by atoms with Gasteiger partial charge in [-0.25, -0.2) is 0 Å². The normalized spacial score (nSPS) is 24.1. The molecule has 0 aromatic heterocycles. The summed E-state index contributed by atoms with van der Waals surface area (Å²) in [5.41, 5.74) is 0. The van der Waals surface area contributed by atoms with Gasteiger partial charge in [-0.05, 0) is 32.1 Å². The Hall–Kier alpha value is -1.06. The van der Waals surface area contributed by atoms with E-state index in [0.717, 1.165) is 19.3 Å². The zero-order chi connectivity index (χ0) is 12.7. The molecule has 1 aliphatic carbocycles. The Morgan fingerprint density at radius 3 is 2.41 bits per heavy atom. The molecule has 4 nitrogen and oxygen atoms in total. The van der Waals surface area contributed by atoms with E-state index in [2.05, 4.69) is 6.92 Å². The van der Waals surface area contributed by atoms with Gasteiger partial charge >= 0.3 is 11.9 Å². The third kappa shape index (κ3) is 5.20. The van der Waals surface area contributed by atoms with Crippen LogP contribution in [0.2, 0.25) is 0 Å². The molecule has 0 radical (unpaired) electrons. The maximum Gasteiger partial charge on any atom is 0.306 e. The van der Waals surface area contributed by atoms with Crippen molar-refractivity contribution in [3.05, 3.63) is 0 Å². The predicted molar refractivity (Wildman–Crippen MR) is 63.4 cm³/mol. The number of ether oxygens (including phenoxy) is 2. The maximum atomic E-state index is 11.5. The fourth-order valence-corrected chi connectivity index (χ4v) is 2.12. The minimum atomic E-state index is -0.332. The average Bonchev–Trinajstić information content (AvgIpc) is 2.30. The largest absolute Gasteiger partial charge is 0.466 e. The smallest absolute Gasteiger partial charge is 0.306 e. The third-order valence-electron chi connectivity index (χ3n) is 3.15. The topological polar surface area (TPSA) is 52.6 Å². The summed E-state index contributed by atoms with van der Waals surface area (Å²) < 4.78 is 10.1. The van der Waals surface area contributed by atoms with Crippen LogP contribution >= 0.6 is 0 Å². The van der Waals surface area contributed by atoms with Crippen LogP contribution in [0.25, 0.3) is 0 Å². The van der Waals surface area contributed by atoms with E-state index in [0.29, 0.717) is 12.5 Å². The number of esters is 2. The van der Waals surface area contributed by atoms with Gasteiger partial charge in [0.25, 0.3) is 0 Å². The van der Waals surface area contributed by atoms with Gasteiger partial charge in [-0.3, -0.25) is 9.59 Å². The van der Waals surface area contributed by atoms with Crippen LogP contribution < -0.4 is 0 Å². The quantitative estimate of drug-likeness (QED) is 0.695. The summed E-state index contributed by atoms with van der Waals surface area (Å²) in [4.78, 5) is 22.6. The van der Waals surface area contributed by atoms with Crippen LogP contribution in [0.4, 0.5) is 0 Å². The predicted octanol–water partition coefficient (Wildman–Crippen LogP) is 2.45. The molecule has 0 bridgehead atoms. The number of hydrogen-bond acceptors (Lipinski definition) is 4. The van der Waals surface area contributed by atoms with Crippen LogP contribution in [0.5, 0.6) is 0 Å². The van der Waals surface area contributed by atoms with Crippen molar-refractivity contribution in [2.45, 2.75) is 58.5 Å². The highest BCUT2D eigenvalue weighted by molar-refractivity contribution is 5.77. The monoisotopic (exact) mass is 242 g/mol. The molecule has 2 unspecified atom stereocenters. The van der Waals surface area contributed by atoms with Crippen LogP contribution in [0.1, 0.15) is 52.4 Å². The lowest BCUT2D eigenvalue weighted by molar-refractivity contribution is -0.156. The Kier molecular flexibility index (Phi) is 6.01. The molecule has 0 aromatic rings. The number of rotatable bonds is 5. The molecule has 4 heteroatoms. The minimum absolute atomic E-state index is 0.0402. The Balaban J connectivity index is 2.22. The first-order chi connectivity index (χ1) is 8.13. The van der Waals surface area contributed by atoms with E-state index in [1.807, 2.05) is 0 Å². The maximum absolute atomic E-state index is 11.5. The van der Waals surface area contributed by atoms with Crippen LogP contribution in [0.15, 0.2) is 0 Å². The van der Waals surface area contributed by atoms with Gasteiger partial charge < -0.3 is 9.47 Å². The van der Waals surface area contributed by atoms with Gasteiger partial charge in [-0.2, -0.15) is 0 Å². The first-order valence-electron chi connectivity index (χ1n) is 6.48. The van der Waals surface area contributed by atoms with Gasteiger partial charge in [0.1, 0.15) is 6.10 Å². The second-order valence-corrected chi connectivity index (χ2v) is 4.60. The Morgan fingerprint density at radius 2 is 1.76 bits per heavy atom. The Bertz CT molecular complexity index is 262. The van der Waals surface area contributed by atoms with Gasteiger partial charge in [-0.1, -0.05) is 13.3 Å². The Morgan fingerprint density at radius 1 is 1.12 bits per heavy atom. The highest BCUT2D eigenvalue weighted by Gasteiger charge is 2.24. The molecule has 1 saturated carbocycles. The first-order valence-corrected chi connectivity index (χ1v) is 6.48. The lowest BCUT2D eigenvalue weighted by atomic mass is 9.88. The van der Waals surface area contributed by atoms with E-state index >= 15 is 0 Å². The van der Waals surface area contributed by atoms with Crippen molar-refractivity contribution in [2.24, 2.45) is 5.92 Å². The lowest BCUT2D eigenvalue weighted by Crippen LogP contribution is -2.28. The number of hydrogen-bond donors (Lipinski definition) is 0. The SMILES string of the molecule is CCOC(=O)CCC(=O)OC1CCCCC1C. The molecular formula is C13H22O4. The molecule has 1 aliphatic rings. The summed E-state index contributed by atoms with van der Waals surface area (Å²) in [5.74, 6) is -0.173. The standard InChI is InChI=1S/C13H22O4/c1-3-16-12(14)8-9-13(15)17-11-7-5-4-6-10(11)2/h10-11H,3-9H2,1-2H3. The van der Waals surface area contributed by atoms with E-state index in [9.17, 15) is 9.59 Å². The summed E-state index contributed by atoms with van der Waals surface area (Å²) in [6.45, 7) is 4.22. The van der Waals surface area contributed by atoms with Crippen molar-refractivity contribution in [2.75, 3.05) is 6.61 Å². The van der Waals surface area contributed by atoms with Crippen LogP contribution in [0.3, 0.4) is 0 Å². The average molecular weight is 242 g/mol. The summed E-state index contributed by atoms with van der Waals surface area (Å²) >= 11 is 0. The molecule has 0 heterocycles. The van der Waals surface area contributed by atoms with Gasteiger partial charge in [0.05, 0.1) is 19.4 Å². The summed E-state index contributed by atoms with van der Waals surface area (Å²) in [6.07, 6.45) is 4.70. The zero-order valence-electron chi connectivity index (χ0n) is 10.7.